The molecule has 0 radical (unpaired) electrons. The highest BCUT2D eigenvalue weighted by molar-refractivity contribution is 6.27. The van der Waals surface area contributed by atoms with Gasteiger partial charge >= 0.3 is 5.97 Å². The van der Waals surface area contributed by atoms with Gasteiger partial charge in [-0.25, -0.2) is 4.79 Å². The molecule has 4 N–H and O–H groups in total. The van der Waals surface area contributed by atoms with Gasteiger partial charge in [-0.15, -0.1) is 11.6 Å². The number of rotatable bonds is 6. The maximum absolute atomic E-state index is 10.8. The van der Waals surface area contributed by atoms with Crippen molar-refractivity contribution in [2.24, 2.45) is 5.73 Å². The van der Waals surface area contributed by atoms with Gasteiger partial charge in [0.05, 0.1) is 0 Å². The van der Waals surface area contributed by atoms with Gasteiger partial charge in [-0.3, -0.25) is 4.79 Å². The molecule has 0 unspecified atom stereocenters. The van der Waals surface area contributed by atoms with Crippen LogP contribution in [0.1, 0.15) is 12.8 Å². The monoisotopic (exact) mass is 208 g/mol. The third-order valence-electron chi connectivity index (χ3n) is 1.45. The predicted molar refractivity (Wildman–Crippen MR) is 48.6 cm³/mol. The Bertz CT molecular complexity index is 187. The van der Waals surface area contributed by atoms with Crippen molar-refractivity contribution < 1.29 is 14.7 Å². The number of nitrogens with two attached hydrogens (primary N) is 1. The average Bonchev–Trinajstić information content (AvgIpc) is 2.11. The fourth-order valence-electron chi connectivity index (χ4n) is 0.812. The Hall–Kier alpha value is -0.810. The van der Waals surface area contributed by atoms with Crippen LogP contribution in [-0.2, 0) is 9.59 Å². The molecule has 1 amide bonds. The van der Waals surface area contributed by atoms with Crippen molar-refractivity contribution in [3.05, 3.63) is 0 Å². The normalized spacial score (nSPS) is 12.2. The van der Waals surface area contributed by atoms with E-state index in [0.29, 0.717) is 19.4 Å². The number of hydrogen-bond donors (Lipinski definition) is 3. The number of alkyl halides is 1. The third kappa shape index (κ3) is 5.43. The van der Waals surface area contributed by atoms with Crippen molar-refractivity contribution >= 4 is 23.5 Å². The molecule has 0 bridgehead atoms. The van der Waals surface area contributed by atoms with Gasteiger partial charge in [-0.2, -0.15) is 0 Å². The van der Waals surface area contributed by atoms with Crippen LogP contribution in [0.2, 0.25) is 0 Å². The van der Waals surface area contributed by atoms with Gasteiger partial charge in [-0.1, -0.05) is 0 Å². The number of amides is 1. The van der Waals surface area contributed by atoms with E-state index in [1.54, 1.807) is 0 Å². The lowest BCUT2D eigenvalue weighted by Crippen LogP contribution is -2.41. The summed E-state index contributed by atoms with van der Waals surface area (Å²) in [4.78, 5) is 21.3. The lowest BCUT2D eigenvalue weighted by molar-refractivity contribution is -0.141. The first kappa shape index (κ1) is 12.2. The Morgan fingerprint density at radius 1 is 1.54 bits per heavy atom. The second-order valence-corrected chi connectivity index (χ2v) is 2.79. The molecule has 76 valence electrons. The van der Waals surface area contributed by atoms with Crippen LogP contribution in [0, 0.1) is 0 Å². The molecule has 0 rings (SSSR count). The Balaban J connectivity index is 3.94. The number of nitrogens with one attached hydrogen (secondary N) is 1. The van der Waals surface area contributed by atoms with Crippen molar-refractivity contribution in [1.82, 2.24) is 5.32 Å². The van der Waals surface area contributed by atoms with Gasteiger partial charge in [0.25, 0.3) is 0 Å². The zero-order valence-electron chi connectivity index (χ0n) is 7.12. The summed E-state index contributed by atoms with van der Waals surface area (Å²) in [6.45, 7) is 0.403. The molecule has 1 atom stereocenters. The van der Waals surface area contributed by atoms with Crippen molar-refractivity contribution in [2.75, 3.05) is 12.4 Å². The molecule has 5 nitrogen and oxygen atoms in total. The third-order valence-corrected chi connectivity index (χ3v) is 1.69. The Morgan fingerprint density at radius 3 is 2.54 bits per heavy atom. The summed E-state index contributed by atoms with van der Waals surface area (Å²) in [5, 5.41) is 10.9. The van der Waals surface area contributed by atoms with Crippen molar-refractivity contribution in [1.29, 1.82) is 0 Å². The van der Waals surface area contributed by atoms with Gasteiger partial charge in [0.15, 0.2) is 0 Å². The molecular weight excluding hydrogens is 196 g/mol. The maximum atomic E-state index is 10.8. The fourth-order valence-corrected chi connectivity index (χ4v) is 0.889. The van der Waals surface area contributed by atoms with Crippen LogP contribution in [0.15, 0.2) is 0 Å². The predicted octanol–water partition coefficient (Wildman–Crippen LogP) is -0.467. The number of carboxylic acid groups (broad SMARTS) is 1. The van der Waals surface area contributed by atoms with E-state index in [-0.39, 0.29) is 5.88 Å². The maximum Gasteiger partial charge on any atom is 0.326 e. The van der Waals surface area contributed by atoms with Crippen LogP contribution < -0.4 is 11.1 Å². The molecule has 0 spiro atoms. The highest BCUT2D eigenvalue weighted by atomic mass is 35.5. The molecule has 0 heterocycles. The second kappa shape index (κ2) is 6.68. The van der Waals surface area contributed by atoms with Gasteiger partial charge in [0, 0.05) is 0 Å². The quantitative estimate of drug-likeness (QED) is 0.515. The molecule has 0 aromatic rings. The number of aliphatic carboxylic acids is 1. The first-order valence-electron chi connectivity index (χ1n) is 3.90. The van der Waals surface area contributed by atoms with E-state index in [0.717, 1.165) is 0 Å². The first-order chi connectivity index (χ1) is 6.11. The minimum absolute atomic E-state index is 0.230. The van der Waals surface area contributed by atoms with Crippen molar-refractivity contribution in [2.45, 2.75) is 18.9 Å². The molecule has 0 saturated carbocycles. The summed E-state index contributed by atoms with van der Waals surface area (Å²) in [6, 6.07) is -0.880. The smallest absolute Gasteiger partial charge is 0.326 e. The largest absolute Gasteiger partial charge is 0.480 e. The molecule has 0 aliphatic rings. The molecule has 0 saturated heterocycles. The summed E-state index contributed by atoms with van der Waals surface area (Å²) in [7, 11) is 0. The van der Waals surface area contributed by atoms with Crippen LogP contribution in [0.5, 0.6) is 0 Å². The highest BCUT2D eigenvalue weighted by Crippen LogP contribution is 1.96. The number of carbonyl (C=O) groups excluding carboxylic acids is 1. The number of carbonyl (C=O) groups is 2. The zero-order chi connectivity index (χ0) is 10.3. The first-order valence-corrected chi connectivity index (χ1v) is 4.43. The SMILES string of the molecule is NCCC[C@@H](NC(=O)CCl)C(=O)O. The van der Waals surface area contributed by atoms with Crippen LogP contribution in [0.4, 0.5) is 0 Å². The number of halogens is 1. The minimum Gasteiger partial charge on any atom is -0.480 e. The van der Waals surface area contributed by atoms with Crippen LogP contribution in [-0.4, -0.2) is 35.4 Å². The van der Waals surface area contributed by atoms with E-state index in [9.17, 15) is 9.59 Å². The van der Waals surface area contributed by atoms with E-state index >= 15 is 0 Å². The lowest BCUT2D eigenvalue weighted by Gasteiger charge is -2.12. The highest BCUT2D eigenvalue weighted by Gasteiger charge is 2.18. The summed E-state index contributed by atoms with van der Waals surface area (Å²) >= 11 is 5.21. The van der Waals surface area contributed by atoms with E-state index in [1.165, 1.54) is 0 Å². The molecule has 0 aromatic carbocycles. The van der Waals surface area contributed by atoms with Gasteiger partial charge in [0.1, 0.15) is 11.9 Å². The zero-order valence-corrected chi connectivity index (χ0v) is 7.88. The fraction of sp³-hybridized carbons (Fsp3) is 0.714. The standard InChI is InChI=1S/C7H13ClN2O3/c8-4-6(11)10-5(7(12)13)2-1-3-9/h5H,1-4,9H2,(H,10,11)(H,12,13)/t5-/m1/s1. The van der Waals surface area contributed by atoms with E-state index in [2.05, 4.69) is 5.32 Å². The van der Waals surface area contributed by atoms with E-state index < -0.39 is 17.9 Å². The summed E-state index contributed by atoms with van der Waals surface area (Å²) in [5.41, 5.74) is 5.21. The Morgan fingerprint density at radius 2 is 2.15 bits per heavy atom. The number of carboxylic acids is 1. The summed E-state index contributed by atoms with van der Waals surface area (Å²) < 4.78 is 0. The van der Waals surface area contributed by atoms with E-state index in [4.69, 9.17) is 22.4 Å². The second-order valence-electron chi connectivity index (χ2n) is 2.52. The summed E-state index contributed by atoms with van der Waals surface area (Å²) in [5.74, 6) is -1.77. The molecule has 0 aromatic heterocycles. The molecular formula is C7H13ClN2O3. The number of hydrogen-bond acceptors (Lipinski definition) is 3. The Kier molecular flexibility index (Phi) is 6.26. The minimum atomic E-state index is -1.06. The van der Waals surface area contributed by atoms with Crippen molar-refractivity contribution in [3.8, 4) is 0 Å². The van der Waals surface area contributed by atoms with Gasteiger partial charge < -0.3 is 16.2 Å². The van der Waals surface area contributed by atoms with Crippen molar-refractivity contribution in [3.63, 3.8) is 0 Å². The Labute approximate surface area is 81.2 Å². The topological polar surface area (TPSA) is 92.4 Å². The molecule has 0 fully saturated rings. The van der Waals surface area contributed by atoms with Crippen LogP contribution >= 0.6 is 11.6 Å². The van der Waals surface area contributed by atoms with Gasteiger partial charge in [0.2, 0.25) is 5.91 Å². The molecule has 6 heteroatoms. The van der Waals surface area contributed by atoms with Crippen LogP contribution in [0.3, 0.4) is 0 Å². The average molecular weight is 209 g/mol. The van der Waals surface area contributed by atoms with Gasteiger partial charge in [-0.05, 0) is 19.4 Å². The summed E-state index contributed by atoms with van der Waals surface area (Å²) in [6.07, 6.45) is 0.883. The van der Waals surface area contributed by atoms with Crippen LogP contribution in [0.25, 0.3) is 0 Å². The van der Waals surface area contributed by atoms with E-state index in [1.807, 2.05) is 0 Å². The molecule has 0 aliphatic carbocycles. The lowest BCUT2D eigenvalue weighted by atomic mass is 10.1. The molecule has 13 heavy (non-hydrogen) atoms. The molecule has 0 aliphatic heterocycles.